The average Bonchev–Trinajstić information content (AvgIpc) is 3.17. The van der Waals surface area contributed by atoms with Gasteiger partial charge in [-0.3, -0.25) is 0 Å². The van der Waals surface area contributed by atoms with Gasteiger partial charge in [0, 0.05) is 6.54 Å². The molecule has 12 heteroatoms. The van der Waals surface area contributed by atoms with Crippen LogP contribution >= 0.6 is 0 Å². The molecule has 1 aromatic heterocycles. The van der Waals surface area contributed by atoms with Crippen LogP contribution in [0.25, 0.3) is 0 Å². The maximum absolute atomic E-state index is 12.8. The quantitative estimate of drug-likeness (QED) is 0.768. The van der Waals surface area contributed by atoms with Crippen LogP contribution in [0.2, 0.25) is 0 Å². The molecule has 2 heterocycles. The third-order valence-corrected chi connectivity index (χ3v) is 5.79. The topological polar surface area (TPSA) is 114 Å². The fourth-order valence-corrected chi connectivity index (χ4v) is 4.00. The predicted molar refractivity (Wildman–Crippen MR) is 89.7 cm³/mol. The van der Waals surface area contributed by atoms with Crippen LogP contribution < -0.4 is 4.72 Å². The van der Waals surface area contributed by atoms with Crippen LogP contribution in [0.4, 0.5) is 13.2 Å². The molecule has 1 unspecified atom stereocenters. The van der Waals surface area contributed by atoms with Crippen molar-refractivity contribution in [2.75, 3.05) is 0 Å². The number of rotatable bonds is 5. The van der Waals surface area contributed by atoms with Gasteiger partial charge in [-0.1, -0.05) is 34.6 Å². The Morgan fingerprint density at radius 2 is 1.89 bits per heavy atom. The van der Waals surface area contributed by atoms with Gasteiger partial charge in [0.2, 0.25) is 10.0 Å². The summed E-state index contributed by atoms with van der Waals surface area (Å²) >= 11 is 0. The minimum absolute atomic E-state index is 0.0342. The Bertz CT molecular complexity index is 996. The molecule has 1 aliphatic heterocycles. The van der Waals surface area contributed by atoms with Crippen LogP contribution in [0, 0.1) is 13.8 Å². The van der Waals surface area contributed by atoms with Gasteiger partial charge in [-0.15, -0.1) is 0 Å². The minimum Gasteiger partial charge on any atom is -0.360 e. The molecule has 8 nitrogen and oxygen atoms in total. The Kier molecular flexibility index (Phi) is 4.98. The van der Waals surface area contributed by atoms with Crippen molar-refractivity contribution in [1.82, 2.24) is 9.88 Å². The van der Waals surface area contributed by atoms with Crippen molar-refractivity contribution in [1.29, 1.82) is 0 Å². The van der Waals surface area contributed by atoms with Gasteiger partial charge in [0.05, 0.1) is 12.1 Å². The molecule has 28 heavy (non-hydrogen) atoms. The molecule has 0 amide bonds. The first-order valence-electron chi connectivity index (χ1n) is 7.99. The molecule has 0 radical (unpaired) electrons. The van der Waals surface area contributed by atoms with Gasteiger partial charge in [0.15, 0.2) is 5.76 Å². The summed E-state index contributed by atoms with van der Waals surface area (Å²) in [7, 11) is -3.84. The molecule has 0 saturated carbocycles. The highest BCUT2D eigenvalue weighted by molar-refractivity contribution is 7.89. The van der Waals surface area contributed by atoms with E-state index in [4.69, 9.17) is 4.52 Å². The molecule has 2 N–H and O–H groups in total. The van der Waals surface area contributed by atoms with Crippen molar-refractivity contribution in [2.24, 2.45) is 5.16 Å². The Balaban J connectivity index is 1.68. The van der Waals surface area contributed by atoms with Crippen LogP contribution in [0.3, 0.4) is 0 Å². The second-order valence-corrected chi connectivity index (χ2v) is 7.97. The summed E-state index contributed by atoms with van der Waals surface area (Å²) in [6, 6.07) is 5.98. The van der Waals surface area contributed by atoms with E-state index < -0.39 is 28.4 Å². The predicted octanol–water partition coefficient (Wildman–Crippen LogP) is 2.15. The Morgan fingerprint density at radius 1 is 1.25 bits per heavy atom. The average molecular weight is 419 g/mol. The number of sulfonamides is 1. The number of alkyl halides is 3. The third-order valence-electron chi connectivity index (χ3n) is 4.15. The zero-order valence-electron chi connectivity index (χ0n) is 14.7. The van der Waals surface area contributed by atoms with Crippen molar-refractivity contribution < 1.29 is 36.1 Å². The number of nitrogens with zero attached hydrogens (tertiary/aromatic N) is 2. The van der Waals surface area contributed by atoms with E-state index in [9.17, 15) is 26.7 Å². The molecule has 1 atom stereocenters. The van der Waals surface area contributed by atoms with E-state index in [2.05, 4.69) is 19.9 Å². The fraction of sp³-hybridized carbons (Fsp3) is 0.375. The highest BCUT2D eigenvalue weighted by Gasteiger charge is 2.60. The number of hydrogen-bond donors (Lipinski definition) is 2. The molecule has 1 aromatic carbocycles. The van der Waals surface area contributed by atoms with E-state index in [-0.39, 0.29) is 28.6 Å². The van der Waals surface area contributed by atoms with E-state index in [1.54, 1.807) is 0 Å². The number of aryl methyl sites for hydroxylation is 2. The lowest BCUT2D eigenvalue weighted by atomic mass is 10.0. The van der Waals surface area contributed by atoms with Gasteiger partial charge in [-0.05, 0) is 25.0 Å². The lowest BCUT2D eigenvalue weighted by Gasteiger charge is -2.22. The molecule has 0 fully saturated rings. The summed E-state index contributed by atoms with van der Waals surface area (Å²) in [6.45, 7) is 2.93. The van der Waals surface area contributed by atoms with Crippen molar-refractivity contribution in [3.63, 3.8) is 0 Å². The number of nitrogens with one attached hydrogen (secondary N) is 1. The van der Waals surface area contributed by atoms with E-state index in [0.717, 1.165) is 0 Å². The molecule has 0 bridgehead atoms. The van der Waals surface area contributed by atoms with Crippen LogP contribution in [-0.4, -0.2) is 36.4 Å². The third kappa shape index (κ3) is 3.75. The first-order valence-corrected chi connectivity index (χ1v) is 9.47. The maximum Gasteiger partial charge on any atom is 0.458 e. The van der Waals surface area contributed by atoms with Crippen LogP contribution in [-0.2, 0) is 21.4 Å². The summed E-state index contributed by atoms with van der Waals surface area (Å²) in [5.74, 6) is -3.18. The molecule has 2 aromatic rings. The van der Waals surface area contributed by atoms with Gasteiger partial charge in [0.1, 0.15) is 10.6 Å². The number of benzene rings is 1. The molecular weight excluding hydrogens is 403 g/mol. The first kappa shape index (κ1) is 20.3. The van der Waals surface area contributed by atoms with Crippen LogP contribution in [0.1, 0.15) is 29.0 Å². The zero-order chi connectivity index (χ0) is 20.7. The summed E-state index contributed by atoms with van der Waals surface area (Å²) in [6.07, 6.45) is -5.82. The largest absolute Gasteiger partial charge is 0.458 e. The minimum atomic E-state index is -4.98. The molecule has 1 aliphatic rings. The Labute approximate surface area is 158 Å². The van der Waals surface area contributed by atoms with Gasteiger partial charge in [-0.25, -0.2) is 13.1 Å². The van der Waals surface area contributed by atoms with Gasteiger partial charge < -0.3 is 14.5 Å². The lowest BCUT2D eigenvalue weighted by Crippen LogP contribution is -2.45. The van der Waals surface area contributed by atoms with Crippen molar-refractivity contribution in [3.8, 4) is 0 Å². The van der Waals surface area contributed by atoms with Gasteiger partial charge >= 0.3 is 12.0 Å². The highest BCUT2D eigenvalue weighted by atomic mass is 32.2. The summed E-state index contributed by atoms with van der Waals surface area (Å²) in [5.41, 5.74) is 1.04. The van der Waals surface area contributed by atoms with Gasteiger partial charge in [-0.2, -0.15) is 13.2 Å². The van der Waals surface area contributed by atoms with Crippen LogP contribution in [0.15, 0.2) is 38.8 Å². The zero-order valence-corrected chi connectivity index (χ0v) is 15.6. The van der Waals surface area contributed by atoms with E-state index in [1.165, 1.54) is 38.1 Å². The first-order chi connectivity index (χ1) is 12.9. The summed E-state index contributed by atoms with van der Waals surface area (Å²) in [4.78, 5) is 4.14. The van der Waals surface area contributed by atoms with Crippen molar-refractivity contribution in [3.05, 3.63) is 46.8 Å². The standard InChI is InChI=1S/C16H16F3N3O5S/c1-9-14(10(2)26-21-9)28(24,25)20-8-11-3-5-12(6-4-11)13-7-15(23,27-22-13)16(17,18)19/h3-6,20,23H,7-8H2,1-2H3. The van der Waals surface area contributed by atoms with Crippen molar-refractivity contribution >= 4 is 15.7 Å². The number of aliphatic hydroxyl groups is 1. The SMILES string of the molecule is Cc1noc(C)c1S(=O)(=O)NCc1ccc(C2=NOC(O)(C(F)(F)F)C2)cc1. The summed E-state index contributed by atoms with van der Waals surface area (Å²) in [5, 5.41) is 16.4. The fourth-order valence-electron chi connectivity index (χ4n) is 2.65. The lowest BCUT2D eigenvalue weighted by molar-refractivity contribution is -0.355. The Morgan fingerprint density at radius 3 is 2.39 bits per heavy atom. The number of hydrogen-bond acceptors (Lipinski definition) is 7. The van der Waals surface area contributed by atoms with E-state index in [1.807, 2.05) is 0 Å². The van der Waals surface area contributed by atoms with E-state index >= 15 is 0 Å². The normalized spacial score (nSPS) is 20.1. The maximum atomic E-state index is 12.8. The van der Waals surface area contributed by atoms with Crippen molar-refractivity contribution in [2.45, 2.75) is 43.7 Å². The monoisotopic (exact) mass is 419 g/mol. The smallest absolute Gasteiger partial charge is 0.360 e. The molecular formula is C16H16F3N3O5S. The number of oxime groups is 1. The van der Waals surface area contributed by atoms with Crippen LogP contribution in [0.5, 0.6) is 0 Å². The molecule has 0 saturated heterocycles. The molecule has 3 rings (SSSR count). The highest BCUT2D eigenvalue weighted by Crippen LogP contribution is 2.38. The second kappa shape index (κ2) is 6.87. The van der Waals surface area contributed by atoms with E-state index in [0.29, 0.717) is 11.1 Å². The molecule has 152 valence electrons. The second-order valence-electron chi connectivity index (χ2n) is 6.26. The number of aromatic nitrogens is 1. The van der Waals surface area contributed by atoms with Gasteiger partial charge in [0.25, 0.3) is 0 Å². The molecule has 0 spiro atoms. The summed E-state index contributed by atoms with van der Waals surface area (Å²) < 4.78 is 70.3. The number of halogens is 3. The molecule has 0 aliphatic carbocycles. The Hall–Kier alpha value is -2.44.